The van der Waals surface area contributed by atoms with Gasteiger partial charge in [-0.15, -0.1) is 10.2 Å². The molecule has 0 N–H and O–H groups in total. The number of aromatic nitrogens is 3. The largest absolute Gasteiger partial charge is 0.493 e. The minimum Gasteiger partial charge on any atom is -0.493 e. The fourth-order valence-corrected chi connectivity index (χ4v) is 4.11. The highest BCUT2D eigenvalue weighted by molar-refractivity contribution is 7.99. The van der Waals surface area contributed by atoms with Crippen LogP contribution in [0.15, 0.2) is 47.6 Å². The second-order valence-electron chi connectivity index (χ2n) is 6.57. The second-order valence-corrected chi connectivity index (χ2v) is 7.92. The minimum atomic E-state index is -0.0447. The molecule has 1 heterocycles. The zero-order valence-corrected chi connectivity index (χ0v) is 19.2. The molecular formula is C22H24ClN3O4S. The van der Waals surface area contributed by atoms with Gasteiger partial charge in [0.25, 0.3) is 0 Å². The van der Waals surface area contributed by atoms with Gasteiger partial charge in [-0.3, -0.25) is 4.79 Å². The van der Waals surface area contributed by atoms with E-state index in [1.54, 1.807) is 39.5 Å². The maximum absolute atomic E-state index is 12.8. The topological polar surface area (TPSA) is 75.5 Å². The molecule has 0 saturated carbocycles. The molecule has 0 aliphatic carbocycles. The Kier molecular flexibility index (Phi) is 8.34. The third-order valence-corrected chi connectivity index (χ3v) is 5.90. The van der Waals surface area contributed by atoms with Crippen molar-refractivity contribution in [2.45, 2.75) is 18.1 Å². The van der Waals surface area contributed by atoms with Gasteiger partial charge < -0.3 is 18.8 Å². The quantitative estimate of drug-likeness (QED) is 0.234. The van der Waals surface area contributed by atoms with Crippen molar-refractivity contribution < 1.29 is 19.0 Å². The van der Waals surface area contributed by atoms with Gasteiger partial charge in [-0.25, -0.2) is 0 Å². The molecule has 0 bridgehead atoms. The van der Waals surface area contributed by atoms with E-state index in [-0.39, 0.29) is 11.5 Å². The lowest BCUT2D eigenvalue weighted by molar-refractivity contribution is 0.102. The van der Waals surface area contributed by atoms with Crippen molar-refractivity contribution in [1.82, 2.24) is 14.8 Å². The molecule has 0 saturated heterocycles. The third kappa shape index (κ3) is 5.58. The summed E-state index contributed by atoms with van der Waals surface area (Å²) in [6, 6.07) is 12.6. The number of nitrogens with zero attached hydrogens (tertiary/aromatic N) is 3. The van der Waals surface area contributed by atoms with Gasteiger partial charge in [0.2, 0.25) is 0 Å². The molecule has 0 atom stereocenters. The summed E-state index contributed by atoms with van der Waals surface area (Å²) in [5.74, 6) is 1.93. The Morgan fingerprint density at radius 1 is 1.06 bits per heavy atom. The van der Waals surface area contributed by atoms with E-state index < -0.39 is 0 Å². The lowest BCUT2D eigenvalue weighted by Crippen LogP contribution is -2.08. The van der Waals surface area contributed by atoms with E-state index >= 15 is 0 Å². The van der Waals surface area contributed by atoms with Crippen LogP contribution in [0.3, 0.4) is 0 Å². The molecule has 0 unspecified atom stereocenters. The Balaban J connectivity index is 1.81. The fraction of sp³-hybridized carbons (Fsp3) is 0.318. The summed E-state index contributed by atoms with van der Waals surface area (Å²) >= 11 is 7.71. The van der Waals surface area contributed by atoms with Crippen LogP contribution in [0, 0.1) is 0 Å². The molecule has 7 nitrogen and oxygen atoms in total. The summed E-state index contributed by atoms with van der Waals surface area (Å²) in [6.07, 6.45) is 0.781. The second kappa shape index (κ2) is 11.2. The lowest BCUT2D eigenvalue weighted by atomic mass is 10.1. The van der Waals surface area contributed by atoms with Crippen molar-refractivity contribution in [3.63, 3.8) is 0 Å². The Labute approximate surface area is 190 Å². The summed E-state index contributed by atoms with van der Waals surface area (Å²) < 4.78 is 17.7. The van der Waals surface area contributed by atoms with E-state index in [2.05, 4.69) is 10.2 Å². The molecular weight excluding hydrogens is 438 g/mol. The van der Waals surface area contributed by atoms with E-state index in [9.17, 15) is 4.79 Å². The first kappa shape index (κ1) is 23.1. The van der Waals surface area contributed by atoms with Gasteiger partial charge in [0, 0.05) is 31.4 Å². The zero-order valence-electron chi connectivity index (χ0n) is 17.6. The minimum absolute atomic E-state index is 0.0447. The van der Waals surface area contributed by atoms with Crippen molar-refractivity contribution in [3.8, 4) is 22.9 Å². The monoisotopic (exact) mass is 461 g/mol. The number of carbonyl (C=O) groups excluding carboxylic acids is 1. The molecule has 0 spiro atoms. The van der Waals surface area contributed by atoms with E-state index in [1.165, 1.54) is 11.8 Å². The summed E-state index contributed by atoms with van der Waals surface area (Å²) in [6.45, 7) is 1.25. The molecule has 31 heavy (non-hydrogen) atoms. The molecule has 0 radical (unpaired) electrons. The molecule has 0 aliphatic rings. The van der Waals surface area contributed by atoms with Crippen molar-refractivity contribution >= 4 is 29.1 Å². The van der Waals surface area contributed by atoms with Crippen LogP contribution < -0.4 is 9.47 Å². The van der Waals surface area contributed by atoms with Crippen LogP contribution in [0.1, 0.15) is 16.8 Å². The number of hydrogen-bond donors (Lipinski definition) is 0. The Morgan fingerprint density at radius 2 is 1.84 bits per heavy atom. The number of rotatable bonds is 11. The first-order valence-corrected chi connectivity index (χ1v) is 11.0. The Hall–Kier alpha value is -2.55. The lowest BCUT2D eigenvalue weighted by Gasteiger charge is -2.11. The maximum Gasteiger partial charge on any atom is 0.191 e. The third-order valence-electron chi connectivity index (χ3n) is 4.60. The molecule has 0 amide bonds. The highest BCUT2D eigenvalue weighted by Crippen LogP contribution is 2.31. The number of hydrogen-bond acceptors (Lipinski definition) is 7. The molecule has 3 rings (SSSR count). The summed E-state index contributed by atoms with van der Waals surface area (Å²) in [5, 5.41) is 9.92. The van der Waals surface area contributed by atoms with E-state index in [0.29, 0.717) is 46.2 Å². The number of ketones is 1. The molecule has 1 aromatic heterocycles. The molecule has 2 aromatic carbocycles. The SMILES string of the molecule is COCCCn1c(SCC(=O)c2ccc(OC)c(OC)c2)nnc1-c1ccccc1Cl. The van der Waals surface area contributed by atoms with E-state index in [4.69, 9.17) is 25.8 Å². The molecule has 3 aromatic rings. The number of methoxy groups -OCH3 is 3. The average molecular weight is 462 g/mol. The van der Waals surface area contributed by atoms with Gasteiger partial charge in [0.05, 0.1) is 25.0 Å². The van der Waals surface area contributed by atoms with Crippen LogP contribution in [0.2, 0.25) is 5.02 Å². The number of benzene rings is 2. The van der Waals surface area contributed by atoms with Crippen molar-refractivity contribution in [2.75, 3.05) is 33.7 Å². The van der Waals surface area contributed by atoms with Crippen LogP contribution >= 0.6 is 23.4 Å². The van der Waals surface area contributed by atoms with E-state index in [0.717, 1.165) is 12.0 Å². The van der Waals surface area contributed by atoms with Crippen molar-refractivity contribution in [2.24, 2.45) is 0 Å². The Morgan fingerprint density at radius 3 is 2.55 bits per heavy atom. The average Bonchev–Trinajstić information content (AvgIpc) is 3.19. The molecule has 9 heteroatoms. The van der Waals surface area contributed by atoms with Crippen molar-refractivity contribution in [1.29, 1.82) is 0 Å². The summed E-state index contributed by atoms with van der Waals surface area (Å²) in [4.78, 5) is 12.8. The number of ether oxygens (including phenoxy) is 3. The van der Waals surface area contributed by atoms with Crippen LogP contribution in [0.4, 0.5) is 0 Å². The smallest absolute Gasteiger partial charge is 0.191 e. The summed E-state index contributed by atoms with van der Waals surface area (Å²) in [5.41, 5.74) is 1.34. The number of halogens is 1. The fourth-order valence-electron chi connectivity index (χ4n) is 3.03. The number of Topliss-reactive ketones (excluding diaryl/α,β-unsaturated/α-hetero) is 1. The van der Waals surface area contributed by atoms with Gasteiger partial charge in [-0.05, 0) is 36.8 Å². The normalized spacial score (nSPS) is 10.8. The molecule has 164 valence electrons. The predicted molar refractivity (Wildman–Crippen MR) is 122 cm³/mol. The van der Waals surface area contributed by atoms with Gasteiger partial charge in [0.15, 0.2) is 28.3 Å². The van der Waals surface area contributed by atoms with Crippen LogP contribution in [0.5, 0.6) is 11.5 Å². The number of thioether (sulfide) groups is 1. The first-order valence-electron chi connectivity index (χ1n) is 9.64. The van der Waals surface area contributed by atoms with Crippen LogP contribution in [0.25, 0.3) is 11.4 Å². The van der Waals surface area contributed by atoms with Crippen LogP contribution in [-0.4, -0.2) is 54.2 Å². The Bertz CT molecular complexity index is 1040. The van der Waals surface area contributed by atoms with Gasteiger partial charge >= 0.3 is 0 Å². The summed E-state index contributed by atoms with van der Waals surface area (Å²) in [7, 11) is 4.76. The number of carbonyl (C=O) groups is 1. The standard InChI is InChI=1S/C22H24ClN3O4S/c1-28-12-6-11-26-21(16-7-4-5-8-17(16)23)24-25-22(26)31-14-18(27)15-9-10-19(29-2)20(13-15)30-3/h4-5,7-10,13H,6,11-12,14H2,1-3H3. The van der Waals surface area contributed by atoms with Gasteiger partial charge in [0.1, 0.15) is 0 Å². The maximum atomic E-state index is 12.8. The zero-order chi connectivity index (χ0) is 22.2. The molecule has 0 aliphatic heterocycles. The first-order chi connectivity index (χ1) is 15.1. The predicted octanol–water partition coefficient (Wildman–Crippen LogP) is 4.63. The highest BCUT2D eigenvalue weighted by Gasteiger charge is 2.18. The van der Waals surface area contributed by atoms with E-state index in [1.807, 2.05) is 28.8 Å². The van der Waals surface area contributed by atoms with Crippen molar-refractivity contribution in [3.05, 3.63) is 53.1 Å². The van der Waals surface area contributed by atoms with Gasteiger partial charge in [-0.1, -0.05) is 35.5 Å². The van der Waals surface area contributed by atoms with Gasteiger partial charge in [-0.2, -0.15) is 0 Å². The van der Waals surface area contributed by atoms with Crippen LogP contribution in [-0.2, 0) is 11.3 Å². The highest BCUT2D eigenvalue weighted by atomic mass is 35.5. The molecule has 0 fully saturated rings.